The highest BCUT2D eigenvalue weighted by molar-refractivity contribution is 7.88. The van der Waals surface area contributed by atoms with Crippen molar-refractivity contribution in [3.63, 3.8) is 0 Å². The summed E-state index contributed by atoms with van der Waals surface area (Å²) in [7, 11) is -3.95. The van der Waals surface area contributed by atoms with Crippen LogP contribution in [0.1, 0.15) is 0 Å². The summed E-state index contributed by atoms with van der Waals surface area (Å²) in [6.45, 7) is 0.0234. The second-order valence-corrected chi connectivity index (χ2v) is 2.90. The summed E-state index contributed by atoms with van der Waals surface area (Å²) in [6.07, 6.45) is 0. The van der Waals surface area contributed by atoms with E-state index in [1.54, 1.807) is 0 Å². The first-order chi connectivity index (χ1) is 4.12. The zero-order valence-corrected chi connectivity index (χ0v) is 5.94. The summed E-state index contributed by atoms with van der Waals surface area (Å²) >= 11 is 5.09. The molecule has 0 aliphatic rings. The van der Waals surface area contributed by atoms with Crippen LogP contribution >= 0.6 is 11.6 Å². The van der Waals surface area contributed by atoms with E-state index in [2.05, 4.69) is 0 Å². The van der Waals surface area contributed by atoms with Crippen molar-refractivity contribution >= 4 is 21.8 Å². The van der Waals surface area contributed by atoms with Gasteiger partial charge in [0.25, 0.3) is 0 Å². The van der Waals surface area contributed by atoms with Crippen molar-refractivity contribution in [3.05, 3.63) is 4.91 Å². The molecule has 0 aromatic heterocycles. The molecule has 0 saturated carbocycles. The molecule has 0 amide bonds. The lowest BCUT2D eigenvalue weighted by atomic mass is 10.8. The molecule has 54 valence electrons. The van der Waals surface area contributed by atoms with E-state index in [1.807, 2.05) is 9.30 Å². The molecule has 0 bridgehead atoms. The molecule has 0 aromatic carbocycles. The van der Waals surface area contributed by atoms with Crippen LogP contribution in [-0.2, 0) is 10.2 Å². The number of nitrogens with zero attached hydrogens (tertiary/aromatic N) is 1. The number of halogens is 1. The zero-order chi connectivity index (χ0) is 7.33. The lowest BCUT2D eigenvalue weighted by Gasteiger charge is -1.91. The minimum absolute atomic E-state index is 0.0234. The minimum Gasteiger partial charge on any atom is -0.193 e. The van der Waals surface area contributed by atoms with Crippen LogP contribution in [0.5, 0.6) is 0 Å². The molecule has 9 heavy (non-hydrogen) atoms. The standard InChI is InChI=1S/C2H5ClN2O3S/c3-1-2-4-9(7,8)5-6/h4H,1-2H2. The Kier molecular flexibility index (Phi) is 3.67. The van der Waals surface area contributed by atoms with Gasteiger partial charge in [0.2, 0.25) is 0 Å². The van der Waals surface area contributed by atoms with Crippen LogP contribution in [0.25, 0.3) is 0 Å². The van der Waals surface area contributed by atoms with Crippen molar-refractivity contribution in [2.24, 2.45) is 4.58 Å². The lowest BCUT2D eigenvalue weighted by molar-refractivity contribution is 0.585. The normalized spacial score (nSPS) is 11.2. The highest BCUT2D eigenvalue weighted by Crippen LogP contribution is 1.82. The van der Waals surface area contributed by atoms with Gasteiger partial charge in [-0.1, -0.05) is 0 Å². The first-order valence-corrected chi connectivity index (χ1v) is 4.00. The van der Waals surface area contributed by atoms with Crippen molar-refractivity contribution < 1.29 is 8.42 Å². The third-order valence-corrected chi connectivity index (χ3v) is 1.43. The highest BCUT2D eigenvalue weighted by Gasteiger charge is 2.05. The molecule has 0 saturated heterocycles. The molecule has 0 spiro atoms. The predicted octanol–water partition coefficient (Wildman–Crippen LogP) is -0.174. The van der Waals surface area contributed by atoms with Crippen LogP contribution in [0.15, 0.2) is 4.58 Å². The Morgan fingerprint density at radius 1 is 1.56 bits per heavy atom. The van der Waals surface area contributed by atoms with Crippen molar-refractivity contribution in [3.8, 4) is 0 Å². The molecular weight excluding hydrogens is 168 g/mol. The van der Waals surface area contributed by atoms with Crippen LogP contribution in [0.4, 0.5) is 0 Å². The molecule has 0 aliphatic heterocycles. The molecule has 0 rings (SSSR count). The average molecular weight is 173 g/mol. The fraction of sp³-hybridized carbons (Fsp3) is 1.00. The molecule has 0 radical (unpaired) electrons. The molecule has 1 N–H and O–H groups in total. The van der Waals surface area contributed by atoms with Crippen molar-refractivity contribution in [1.82, 2.24) is 4.72 Å². The molecular formula is C2H5ClN2O3S. The van der Waals surface area contributed by atoms with Gasteiger partial charge in [0.1, 0.15) is 0 Å². The van der Waals surface area contributed by atoms with Crippen molar-refractivity contribution in [2.45, 2.75) is 0 Å². The summed E-state index contributed by atoms with van der Waals surface area (Å²) in [5, 5.41) is 0. The van der Waals surface area contributed by atoms with Gasteiger partial charge >= 0.3 is 10.2 Å². The van der Waals surface area contributed by atoms with Crippen LogP contribution in [-0.4, -0.2) is 20.8 Å². The molecule has 0 aliphatic carbocycles. The monoisotopic (exact) mass is 172 g/mol. The number of hydrogen-bond donors (Lipinski definition) is 1. The van der Waals surface area contributed by atoms with E-state index in [0.717, 1.165) is 0 Å². The van der Waals surface area contributed by atoms with Crippen LogP contribution in [0.3, 0.4) is 0 Å². The maximum atomic E-state index is 10.1. The number of nitroso groups, excluding NO2 is 1. The Morgan fingerprint density at radius 2 is 2.11 bits per heavy atom. The van der Waals surface area contributed by atoms with Gasteiger partial charge in [-0.2, -0.15) is 13.1 Å². The molecule has 5 nitrogen and oxygen atoms in total. The maximum Gasteiger partial charge on any atom is 0.354 e. The smallest absolute Gasteiger partial charge is 0.193 e. The fourth-order valence-electron chi connectivity index (χ4n) is 0.194. The second-order valence-electron chi connectivity index (χ2n) is 1.13. The Balaban J connectivity index is 3.75. The number of hydrogen-bond acceptors (Lipinski definition) is 3. The third kappa shape index (κ3) is 4.31. The lowest BCUT2D eigenvalue weighted by Crippen LogP contribution is -2.22. The van der Waals surface area contributed by atoms with E-state index < -0.39 is 10.2 Å². The van der Waals surface area contributed by atoms with E-state index >= 15 is 0 Å². The molecule has 0 aromatic rings. The first kappa shape index (κ1) is 8.80. The minimum atomic E-state index is -3.95. The van der Waals surface area contributed by atoms with Crippen LogP contribution < -0.4 is 4.72 Å². The molecule has 0 heterocycles. The van der Waals surface area contributed by atoms with E-state index in [4.69, 9.17) is 11.6 Å². The summed E-state index contributed by atoms with van der Waals surface area (Å²) in [5.41, 5.74) is 0. The maximum absolute atomic E-state index is 10.1. The van der Waals surface area contributed by atoms with Crippen LogP contribution in [0, 0.1) is 4.91 Å². The fourth-order valence-corrected chi connectivity index (χ4v) is 0.813. The predicted molar refractivity (Wildman–Crippen MR) is 33.4 cm³/mol. The van der Waals surface area contributed by atoms with Gasteiger partial charge in [-0.3, -0.25) is 0 Å². The largest absolute Gasteiger partial charge is 0.354 e. The Hall–Kier alpha value is -0.200. The Bertz CT molecular complexity index is 176. The zero-order valence-electron chi connectivity index (χ0n) is 4.37. The summed E-state index contributed by atoms with van der Waals surface area (Å²) in [6, 6.07) is 0. The van der Waals surface area contributed by atoms with E-state index in [9.17, 15) is 13.3 Å². The molecule has 7 heteroatoms. The average Bonchev–Trinajstić information content (AvgIpc) is 1.84. The van der Waals surface area contributed by atoms with Gasteiger partial charge < -0.3 is 0 Å². The topological polar surface area (TPSA) is 75.6 Å². The van der Waals surface area contributed by atoms with Gasteiger partial charge in [0, 0.05) is 12.4 Å². The quantitative estimate of drug-likeness (QED) is 0.473. The van der Waals surface area contributed by atoms with Crippen LogP contribution in [0.2, 0.25) is 0 Å². The summed E-state index contributed by atoms with van der Waals surface area (Å²) < 4.78 is 23.8. The Morgan fingerprint density at radius 3 is 2.44 bits per heavy atom. The highest BCUT2D eigenvalue weighted by atomic mass is 35.5. The number of alkyl halides is 1. The Labute approximate surface area is 57.5 Å². The van der Waals surface area contributed by atoms with Crippen molar-refractivity contribution in [2.75, 3.05) is 12.4 Å². The molecule has 0 unspecified atom stereocenters. The SMILES string of the molecule is O=NS(=O)(=O)NCCCl. The van der Waals surface area contributed by atoms with E-state index in [0.29, 0.717) is 0 Å². The second kappa shape index (κ2) is 3.76. The number of nitrogens with one attached hydrogen (secondary N) is 1. The first-order valence-electron chi connectivity index (χ1n) is 2.02. The van der Waals surface area contributed by atoms with Gasteiger partial charge in [-0.15, -0.1) is 16.5 Å². The van der Waals surface area contributed by atoms with E-state index in [1.165, 1.54) is 0 Å². The molecule has 0 fully saturated rings. The van der Waals surface area contributed by atoms with Gasteiger partial charge in [-0.25, -0.2) is 0 Å². The van der Waals surface area contributed by atoms with E-state index in [-0.39, 0.29) is 12.4 Å². The van der Waals surface area contributed by atoms with Gasteiger partial charge in [0.15, 0.2) is 0 Å². The third-order valence-electron chi connectivity index (χ3n) is 0.477. The number of rotatable bonds is 4. The van der Waals surface area contributed by atoms with Gasteiger partial charge in [-0.05, 0) is 0 Å². The molecule has 0 atom stereocenters. The summed E-state index contributed by atoms with van der Waals surface area (Å²) in [5.74, 6) is 0.120. The van der Waals surface area contributed by atoms with Gasteiger partial charge in [0.05, 0.1) is 4.58 Å². The summed E-state index contributed by atoms with van der Waals surface area (Å²) in [4.78, 5) is 9.39. The van der Waals surface area contributed by atoms with Crippen molar-refractivity contribution in [1.29, 1.82) is 0 Å².